The maximum atomic E-state index is 5.52. The quantitative estimate of drug-likeness (QED) is 0.721. The fraction of sp³-hybridized carbons (Fsp3) is 0.100. The molecule has 14 heavy (non-hydrogen) atoms. The van der Waals surface area contributed by atoms with Crippen LogP contribution >= 0.6 is 11.9 Å². The van der Waals surface area contributed by atoms with Crippen molar-refractivity contribution in [3.05, 3.63) is 46.9 Å². The molecule has 1 aliphatic heterocycles. The first kappa shape index (κ1) is 9.30. The van der Waals surface area contributed by atoms with Crippen molar-refractivity contribution in [1.82, 2.24) is 4.83 Å². The SMILES string of the molecule is NCc1ccc(C2=NNSC=C2)cc1. The van der Waals surface area contributed by atoms with Gasteiger partial charge in [-0.3, -0.25) is 0 Å². The zero-order chi connectivity index (χ0) is 9.80. The first-order chi connectivity index (χ1) is 6.90. The first-order valence-corrected chi connectivity index (χ1v) is 5.22. The van der Waals surface area contributed by atoms with Crippen LogP contribution in [0.1, 0.15) is 11.1 Å². The zero-order valence-electron chi connectivity index (χ0n) is 7.60. The summed E-state index contributed by atoms with van der Waals surface area (Å²) in [5, 5.41) is 6.14. The molecule has 3 N–H and O–H groups in total. The lowest BCUT2D eigenvalue weighted by atomic mass is 10.1. The smallest absolute Gasteiger partial charge is 0.0917 e. The Hall–Kier alpha value is -1.26. The van der Waals surface area contributed by atoms with Gasteiger partial charge in [0.1, 0.15) is 0 Å². The molecule has 0 aromatic heterocycles. The van der Waals surface area contributed by atoms with Gasteiger partial charge in [0, 0.05) is 12.1 Å². The van der Waals surface area contributed by atoms with Gasteiger partial charge in [-0.15, -0.1) is 0 Å². The number of nitrogens with one attached hydrogen (secondary N) is 1. The highest BCUT2D eigenvalue weighted by atomic mass is 32.2. The van der Waals surface area contributed by atoms with Crippen LogP contribution in [-0.2, 0) is 6.54 Å². The molecule has 0 saturated heterocycles. The van der Waals surface area contributed by atoms with Crippen molar-refractivity contribution >= 4 is 17.7 Å². The van der Waals surface area contributed by atoms with E-state index in [4.69, 9.17) is 5.73 Å². The standard InChI is InChI=1S/C10H11N3S/c11-7-8-1-3-9(4-2-8)10-5-6-14-13-12-10/h1-6,13H,7,11H2. The summed E-state index contributed by atoms with van der Waals surface area (Å²) in [5.41, 5.74) is 8.71. The van der Waals surface area contributed by atoms with Crippen LogP contribution in [0, 0.1) is 0 Å². The van der Waals surface area contributed by atoms with Gasteiger partial charge in [-0.2, -0.15) is 5.10 Å². The highest BCUT2D eigenvalue weighted by Gasteiger charge is 2.02. The Labute approximate surface area is 87.2 Å². The molecule has 1 aliphatic rings. The molecule has 0 spiro atoms. The summed E-state index contributed by atoms with van der Waals surface area (Å²) in [6.45, 7) is 0.580. The maximum Gasteiger partial charge on any atom is 0.0917 e. The normalized spacial score (nSPS) is 14.8. The molecule has 1 aromatic rings. The second kappa shape index (κ2) is 4.30. The van der Waals surface area contributed by atoms with Crippen LogP contribution in [0.15, 0.2) is 40.9 Å². The van der Waals surface area contributed by atoms with E-state index in [2.05, 4.69) is 9.93 Å². The largest absolute Gasteiger partial charge is 0.326 e. The van der Waals surface area contributed by atoms with E-state index in [1.807, 2.05) is 35.7 Å². The van der Waals surface area contributed by atoms with Crippen molar-refractivity contribution in [3.63, 3.8) is 0 Å². The minimum Gasteiger partial charge on any atom is -0.326 e. The van der Waals surface area contributed by atoms with Crippen molar-refractivity contribution < 1.29 is 0 Å². The Kier molecular flexibility index (Phi) is 2.86. The zero-order valence-corrected chi connectivity index (χ0v) is 8.42. The molecular weight excluding hydrogens is 194 g/mol. The van der Waals surface area contributed by atoms with E-state index in [-0.39, 0.29) is 0 Å². The molecule has 1 aromatic carbocycles. The van der Waals surface area contributed by atoms with Gasteiger partial charge in [-0.05, 0) is 29.0 Å². The van der Waals surface area contributed by atoms with Crippen LogP contribution in [-0.4, -0.2) is 5.71 Å². The van der Waals surface area contributed by atoms with Crippen molar-refractivity contribution in [2.45, 2.75) is 6.54 Å². The van der Waals surface area contributed by atoms with E-state index in [9.17, 15) is 0 Å². The van der Waals surface area contributed by atoms with Crippen LogP contribution < -0.4 is 10.6 Å². The molecule has 0 atom stereocenters. The van der Waals surface area contributed by atoms with Crippen LogP contribution in [0.25, 0.3) is 0 Å². The number of allylic oxidation sites excluding steroid dienone is 1. The fourth-order valence-electron chi connectivity index (χ4n) is 1.21. The molecule has 0 unspecified atom stereocenters. The van der Waals surface area contributed by atoms with Crippen LogP contribution in [0.5, 0.6) is 0 Å². The van der Waals surface area contributed by atoms with Gasteiger partial charge in [0.05, 0.1) is 5.71 Å². The number of hydrogen-bond donors (Lipinski definition) is 2. The average molecular weight is 205 g/mol. The molecule has 72 valence electrons. The molecule has 0 fully saturated rings. The molecule has 1 heterocycles. The van der Waals surface area contributed by atoms with E-state index in [0.29, 0.717) is 6.54 Å². The molecule has 3 nitrogen and oxygen atoms in total. The van der Waals surface area contributed by atoms with Gasteiger partial charge in [0.15, 0.2) is 0 Å². The third kappa shape index (κ3) is 1.97. The lowest BCUT2D eigenvalue weighted by molar-refractivity contribution is 1.07. The van der Waals surface area contributed by atoms with Crippen LogP contribution in [0.3, 0.4) is 0 Å². The molecule has 4 heteroatoms. The highest BCUT2D eigenvalue weighted by molar-refractivity contribution is 8.00. The number of nitrogens with zero attached hydrogens (tertiary/aromatic N) is 1. The van der Waals surface area contributed by atoms with Crippen LogP contribution in [0.2, 0.25) is 0 Å². The average Bonchev–Trinajstić information content (AvgIpc) is 2.30. The second-order valence-corrected chi connectivity index (χ2v) is 3.60. The second-order valence-electron chi connectivity index (χ2n) is 2.91. The number of rotatable bonds is 2. The minimum absolute atomic E-state index is 0.580. The van der Waals surface area contributed by atoms with Gasteiger partial charge in [-0.25, -0.2) is 4.83 Å². The summed E-state index contributed by atoms with van der Waals surface area (Å²) in [6, 6.07) is 8.10. The highest BCUT2D eigenvalue weighted by Crippen LogP contribution is 2.10. The van der Waals surface area contributed by atoms with E-state index < -0.39 is 0 Å². The van der Waals surface area contributed by atoms with E-state index in [1.54, 1.807) is 0 Å². The summed E-state index contributed by atoms with van der Waals surface area (Å²) in [7, 11) is 0. The fourth-order valence-corrected chi connectivity index (χ4v) is 1.62. The van der Waals surface area contributed by atoms with Gasteiger partial charge in [-0.1, -0.05) is 24.3 Å². The third-order valence-electron chi connectivity index (χ3n) is 2.00. The van der Waals surface area contributed by atoms with Crippen molar-refractivity contribution in [2.75, 3.05) is 0 Å². The summed E-state index contributed by atoms with van der Waals surface area (Å²) < 4.78 is 0. The molecule has 2 rings (SSSR count). The summed E-state index contributed by atoms with van der Waals surface area (Å²) >= 11 is 1.46. The Balaban J connectivity index is 2.24. The van der Waals surface area contributed by atoms with Crippen LogP contribution in [0.4, 0.5) is 0 Å². The van der Waals surface area contributed by atoms with Gasteiger partial charge >= 0.3 is 0 Å². The first-order valence-electron chi connectivity index (χ1n) is 4.34. The topological polar surface area (TPSA) is 50.4 Å². The predicted molar refractivity (Wildman–Crippen MR) is 60.7 cm³/mol. The Morgan fingerprint density at radius 3 is 2.64 bits per heavy atom. The van der Waals surface area contributed by atoms with Crippen molar-refractivity contribution in [3.8, 4) is 0 Å². The maximum absolute atomic E-state index is 5.52. The van der Waals surface area contributed by atoms with Gasteiger partial charge in [0.25, 0.3) is 0 Å². The summed E-state index contributed by atoms with van der Waals surface area (Å²) in [5.74, 6) is 0. The van der Waals surface area contributed by atoms with Gasteiger partial charge < -0.3 is 5.73 Å². The molecule has 0 radical (unpaired) electrons. The molecule has 0 saturated carbocycles. The molecule has 0 amide bonds. The Morgan fingerprint density at radius 2 is 2.07 bits per heavy atom. The number of benzene rings is 1. The van der Waals surface area contributed by atoms with Crippen molar-refractivity contribution in [1.29, 1.82) is 0 Å². The summed E-state index contributed by atoms with van der Waals surface area (Å²) in [6.07, 6.45) is 1.98. The monoisotopic (exact) mass is 205 g/mol. The predicted octanol–water partition coefficient (Wildman–Crippen LogP) is 1.61. The molecule has 0 aliphatic carbocycles. The van der Waals surface area contributed by atoms with Crippen molar-refractivity contribution in [2.24, 2.45) is 10.8 Å². The lowest BCUT2D eigenvalue weighted by Gasteiger charge is -2.06. The Bertz CT molecular complexity index is 367. The third-order valence-corrected chi connectivity index (χ3v) is 2.47. The molecular formula is C10H11N3S. The number of hydrazone groups is 1. The lowest BCUT2D eigenvalue weighted by Crippen LogP contribution is -2.06. The summed E-state index contributed by atoms with van der Waals surface area (Å²) in [4.78, 5) is 2.86. The minimum atomic E-state index is 0.580. The van der Waals surface area contributed by atoms with E-state index >= 15 is 0 Å². The van der Waals surface area contributed by atoms with E-state index in [0.717, 1.165) is 16.8 Å². The number of hydrogen-bond acceptors (Lipinski definition) is 4. The van der Waals surface area contributed by atoms with E-state index in [1.165, 1.54) is 11.9 Å². The van der Waals surface area contributed by atoms with Gasteiger partial charge in [0.2, 0.25) is 0 Å². The number of nitrogens with two attached hydrogens (primary N) is 1. The molecule has 0 bridgehead atoms. The Morgan fingerprint density at radius 1 is 1.29 bits per heavy atom.